The van der Waals surface area contributed by atoms with Crippen LogP contribution in [0.3, 0.4) is 0 Å². The van der Waals surface area contributed by atoms with Crippen molar-refractivity contribution < 1.29 is 9.45 Å². The van der Waals surface area contributed by atoms with E-state index in [4.69, 9.17) is 10.4 Å². The summed E-state index contributed by atoms with van der Waals surface area (Å²) in [5.74, 6) is -0.407. The molecule has 0 saturated heterocycles. The Balaban J connectivity index is 2.37. The third kappa shape index (κ3) is 3.45. The highest BCUT2D eigenvalue weighted by atomic mass is 16.5. The number of benzene rings is 2. The van der Waals surface area contributed by atoms with E-state index >= 15 is 0 Å². The van der Waals surface area contributed by atoms with Crippen LogP contribution in [0.1, 0.15) is 5.56 Å². The summed E-state index contributed by atoms with van der Waals surface area (Å²) in [6.45, 7) is 1.49. The number of hydrogen-bond donors (Lipinski definition) is 1. The maximum absolute atomic E-state index is 11.5. The van der Waals surface area contributed by atoms with Crippen LogP contribution in [-0.4, -0.2) is 19.4 Å². The Bertz CT molecular complexity index is 557. The average molecular weight is 253 g/mol. The predicted octanol–water partition coefficient (Wildman–Crippen LogP) is 0.603. The normalized spacial score (nSPS) is 10.0. The van der Waals surface area contributed by atoms with Crippen LogP contribution in [0.5, 0.6) is 0 Å². The highest BCUT2D eigenvalue weighted by Crippen LogP contribution is 1.98. The average Bonchev–Trinajstić information content (AvgIpc) is 2.45. The van der Waals surface area contributed by atoms with Crippen molar-refractivity contribution >= 4 is 23.8 Å². The van der Waals surface area contributed by atoms with E-state index < -0.39 is 12.9 Å². The van der Waals surface area contributed by atoms with Crippen molar-refractivity contribution in [2.24, 2.45) is 5.73 Å². The van der Waals surface area contributed by atoms with Crippen molar-refractivity contribution in [3.8, 4) is 0 Å². The van der Waals surface area contributed by atoms with Gasteiger partial charge in [-0.1, -0.05) is 60.2 Å². The number of nitrogens with two attached hydrogens (primary N) is 1. The summed E-state index contributed by atoms with van der Waals surface area (Å²) in [6.07, 6.45) is 0. The molecule has 96 valence electrons. The van der Waals surface area contributed by atoms with E-state index in [9.17, 15) is 4.79 Å². The monoisotopic (exact) mass is 253 g/mol. The van der Waals surface area contributed by atoms with Crippen LogP contribution < -0.4 is 16.7 Å². The van der Waals surface area contributed by atoms with Gasteiger partial charge in [0.2, 0.25) is 0 Å². The summed E-state index contributed by atoms with van der Waals surface area (Å²) in [7, 11) is 0. The lowest BCUT2D eigenvalue weighted by molar-refractivity contribution is -0.132. The Morgan fingerprint density at radius 2 is 1.79 bits per heavy atom. The highest BCUT2D eigenvalue weighted by Gasteiger charge is 2.25. The second-order valence-electron chi connectivity index (χ2n) is 4.40. The van der Waals surface area contributed by atoms with Crippen LogP contribution in [0.15, 0.2) is 54.6 Å². The van der Waals surface area contributed by atoms with Crippen LogP contribution in [0, 0.1) is 6.92 Å². The van der Waals surface area contributed by atoms with Gasteiger partial charge in [-0.05, 0) is 17.8 Å². The van der Waals surface area contributed by atoms with Crippen molar-refractivity contribution in [1.29, 1.82) is 0 Å². The van der Waals surface area contributed by atoms with Crippen LogP contribution in [0.2, 0.25) is 0 Å². The molecule has 0 spiro atoms. The van der Waals surface area contributed by atoms with Gasteiger partial charge in [0.05, 0.1) is 6.54 Å². The molecular formula is C15H16BNO2. The summed E-state index contributed by atoms with van der Waals surface area (Å²) in [6, 6.07) is 17.6. The molecule has 0 saturated carbocycles. The van der Waals surface area contributed by atoms with Crippen molar-refractivity contribution in [1.82, 2.24) is 0 Å². The molecule has 19 heavy (non-hydrogen) atoms. The molecule has 0 aromatic heterocycles. The lowest BCUT2D eigenvalue weighted by atomic mass is 9.55. The minimum atomic E-state index is -0.407. The minimum absolute atomic E-state index is 0.116. The van der Waals surface area contributed by atoms with Crippen LogP contribution in [0.25, 0.3) is 0 Å². The number of carbonyl (C=O) groups is 1. The Morgan fingerprint density at radius 3 is 2.42 bits per heavy atom. The van der Waals surface area contributed by atoms with Gasteiger partial charge in [0, 0.05) is 0 Å². The first-order valence-electron chi connectivity index (χ1n) is 6.22. The quantitative estimate of drug-likeness (QED) is 0.812. The van der Waals surface area contributed by atoms with Crippen molar-refractivity contribution in [2.45, 2.75) is 6.92 Å². The molecule has 3 nitrogen and oxygen atoms in total. The van der Waals surface area contributed by atoms with Crippen LogP contribution in [-0.2, 0) is 9.45 Å². The second kappa shape index (κ2) is 6.20. The number of carbonyl (C=O) groups excluding carboxylic acids is 1. The largest absolute Gasteiger partial charge is 0.525 e. The fourth-order valence-electron chi connectivity index (χ4n) is 1.97. The van der Waals surface area contributed by atoms with Crippen molar-refractivity contribution in [3.63, 3.8) is 0 Å². The van der Waals surface area contributed by atoms with Gasteiger partial charge in [-0.15, -0.1) is 0 Å². The van der Waals surface area contributed by atoms with E-state index in [1.807, 2.05) is 61.5 Å². The molecule has 0 fully saturated rings. The number of hydrogen-bond acceptors (Lipinski definition) is 3. The molecule has 0 unspecified atom stereocenters. The molecule has 4 heteroatoms. The summed E-state index contributed by atoms with van der Waals surface area (Å²) in [5.41, 5.74) is 8.35. The highest BCUT2D eigenvalue weighted by molar-refractivity contribution is 6.81. The van der Waals surface area contributed by atoms with Crippen molar-refractivity contribution in [2.75, 3.05) is 6.54 Å². The van der Waals surface area contributed by atoms with Gasteiger partial charge in [0.15, 0.2) is 0 Å². The maximum Gasteiger partial charge on any atom is 0.429 e. The van der Waals surface area contributed by atoms with Crippen molar-refractivity contribution in [3.05, 3.63) is 60.2 Å². The fourth-order valence-corrected chi connectivity index (χ4v) is 1.97. The maximum atomic E-state index is 11.5. The Labute approximate surface area is 113 Å². The zero-order chi connectivity index (χ0) is 13.7. The minimum Gasteiger partial charge on any atom is -0.525 e. The topological polar surface area (TPSA) is 52.3 Å². The Hall–Kier alpha value is -2.07. The molecule has 0 amide bonds. The molecule has 2 N–H and O–H groups in total. The molecule has 2 aromatic rings. The Morgan fingerprint density at radius 1 is 1.11 bits per heavy atom. The molecule has 0 radical (unpaired) electrons. The smallest absolute Gasteiger partial charge is 0.429 e. The summed E-state index contributed by atoms with van der Waals surface area (Å²) in [5, 5.41) is 0. The standard InChI is InChI=1S/C15H16BNO2/c1-12-6-5-9-14(10-12)16(19-15(18)11-17)13-7-3-2-4-8-13/h2-10H,11,17H2,1H3. The van der Waals surface area contributed by atoms with Crippen LogP contribution in [0.4, 0.5) is 0 Å². The van der Waals surface area contributed by atoms with Gasteiger partial charge in [-0.2, -0.15) is 0 Å². The first-order chi connectivity index (χ1) is 9.20. The zero-order valence-electron chi connectivity index (χ0n) is 10.9. The van der Waals surface area contributed by atoms with E-state index in [0.717, 1.165) is 16.5 Å². The van der Waals surface area contributed by atoms with E-state index in [1.54, 1.807) is 0 Å². The van der Waals surface area contributed by atoms with E-state index in [0.29, 0.717) is 0 Å². The Kier molecular flexibility index (Phi) is 4.37. The number of rotatable bonds is 4. The van der Waals surface area contributed by atoms with Crippen LogP contribution >= 0.6 is 0 Å². The third-order valence-electron chi connectivity index (χ3n) is 2.86. The lowest BCUT2D eigenvalue weighted by Gasteiger charge is -2.15. The lowest BCUT2D eigenvalue weighted by Crippen LogP contribution is -2.47. The number of aryl methyl sites for hydroxylation is 1. The molecule has 0 bridgehead atoms. The van der Waals surface area contributed by atoms with E-state index in [1.165, 1.54) is 0 Å². The molecule has 0 heterocycles. The SMILES string of the molecule is Cc1cccc(B(OC(=O)CN)c2ccccc2)c1. The summed E-state index contributed by atoms with van der Waals surface area (Å²) in [4.78, 5) is 11.5. The molecule has 0 aliphatic rings. The van der Waals surface area contributed by atoms with E-state index in [2.05, 4.69) is 0 Å². The molecule has 0 aliphatic carbocycles. The van der Waals surface area contributed by atoms with Gasteiger partial charge in [-0.25, -0.2) is 0 Å². The first kappa shape index (κ1) is 13.4. The molecule has 0 aliphatic heterocycles. The third-order valence-corrected chi connectivity index (χ3v) is 2.86. The summed E-state index contributed by atoms with van der Waals surface area (Å²) < 4.78 is 5.46. The van der Waals surface area contributed by atoms with Gasteiger partial charge in [-0.3, -0.25) is 4.79 Å². The van der Waals surface area contributed by atoms with E-state index in [-0.39, 0.29) is 6.54 Å². The zero-order valence-corrected chi connectivity index (χ0v) is 10.9. The molecule has 2 rings (SSSR count). The van der Waals surface area contributed by atoms with Gasteiger partial charge in [0.25, 0.3) is 0 Å². The predicted molar refractivity (Wildman–Crippen MR) is 77.8 cm³/mol. The first-order valence-corrected chi connectivity index (χ1v) is 6.22. The molecule has 2 aromatic carbocycles. The second-order valence-corrected chi connectivity index (χ2v) is 4.40. The summed E-state index contributed by atoms with van der Waals surface area (Å²) >= 11 is 0. The van der Waals surface area contributed by atoms with Gasteiger partial charge < -0.3 is 10.4 Å². The van der Waals surface area contributed by atoms with Gasteiger partial charge in [0.1, 0.15) is 0 Å². The fraction of sp³-hybridized carbons (Fsp3) is 0.133. The molecule has 0 atom stereocenters. The van der Waals surface area contributed by atoms with Gasteiger partial charge >= 0.3 is 12.9 Å². The molecular weight excluding hydrogens is 237 g/mol.